The van der Waals surface area contributed by atoms with Gasteiger partial charge in [0.1, 0.15) is 0 Å². The van der Waals surface area contributed by atoms with Crippen LogP contribution in [-0.4, -0.2) is 35.5 Å². The van der Waals surface area contributed by atoms with E-state index in [0.717, 1.165) is 5.56 Å². The number of nitrogens with one attached hydrogen (secondary N) is 2. The van der Waals surface area contributed by atoms with Gasteiger partial charge in [0, 0.05) is 23.8 Å². The van der Waals surface area contributed by atoms with Crippen molar-refractivity contribution in [2.75, 3.05) is 11.9 Å². The standard InChI is InChI=1S/C19H27N3O2/c1-12(2)17-7-6-10-22(17)19(24)21-16-11-15(9-8-14(16)5)18(23)20-13(3)4/h6-9,11-13,17H,10H2,1-5H3,(H,20,23)(H,21,24)/t17-/m1/s1. The first-order valence-corrected chi connectivity index (χ1v) is 8.45. The molecule has 1 aromatic rings. The molecular formula is C19H27N3O2. The molecule has 1 aliphatic rings. The fourth-order valence-electron chi connectivity index (χ4n) is 2.77. The highest BCUT2D eigenvalue weighted by Crippen LogP contribution is 2.22. The van der Waals surface area contributed by atoms with Gasteiger partial charge in [-0.2, -0.15) is 0 Å². The number of hydrogen-bond donors (Lipinski definition) is 2. The number of hydrogen-bond acceptors (Lipinski definition) is 2. The summed E-state index contributed by atoms with van der Waals surface area (Å²) in [4.78, 5) is 26.6. The first kappa shape index (κ1) is 18.0. The van der Waals surface area contributed by atoms with Crippen LogP contribution in [0, 0.1) is 12.8 Å². The molecule has 2 rings (SSSR count). The van der Waals surface area contributed by atoms with Gasteiger partial charge in [0.15, 0.2) is 0 Å². The largest absolute Gasteiger partial charge is 0.350 e. The van der Waals surface area contributed by atoms with Gasteiger partial charge in [-0.15, -0.1) is 0 Å². The predicted octanol–water partition coefficient (Wildman–Crippen LogP) is 3.56. The second-order valence-corrected chi connectivity index (χ2v) is 6.90. The molecule has 0 fully saturated rings. The van der Waals surface area contributed by atoms with E-state index in [9.17, 15) is 9.59 Å². The lowest BCUT2D eigenvalue weighted by atomic mass is 10.0. The Morgan fingerprint density at radius 1 is 1.21 bits per heavy atom. The van der Waals surface area contributed by atoms with Gasteiger partial charge in [-0.3, -0.25) is 4.79 Å². The van der Waals surface area contributed by atoms with Crippen molar-refractivity contribution >= 4 is 17.6 Å². The average molecular weight is 329 g/mol. The van der Waals surface area contributed by atoms with Crippen LogP contribution in [-0.2, 0) is 0 Å². The maximum atomic E-state index is 12.6. The Labute approximate surface area is 144 Å². The fourth-order valence-corrected chi connectivity index (χ4v) is 2.77. The number of aryl methyl sites for hydroxylation is 1. The number of benzene rings is 1. The monoisotopic (exact) mass is 329 g/mol. The Hall–Kier alpha value is -2.30. The highest BCUT2D eigenvalue weighted by molar-refractivity contribution is 5.97. The molecule has 1 aromatic carbocycles. The maximum absolute atomic E-state index is 12.6. The minimum Gasteiger partial charge on any atom is -0.350 e. The van der Waals surface area contributed by atoms with E-state index < -0.39 is 0 Å². The van der Waals surface area contributed by atoms with E-state index in [2.05, 4.69) is 30.6 Å². The minimum absolute atomic E-state index is 0.0688. The Balaban J connectivity index is 2.14. The van der Waals surface area contributed by atoms with E-state index >= 15 is 0 Å². The van der Waals surface area contributed by atoms with Gasteiger partial charge in [0.25, 0.3) is 5.91 Å². The average Bonchev–Trinajstić information content (AvgIpc) is 2.98. The number of anilines is 1. The van der Waals surface area contributed by atoms with Crippen LogP contribution in [0.2, 0.25) is 0 Å². The molecule has 5 heteroatoms. The van der Waals surface area contributed by atoms with E-state index in [-0.39, 0.29) is 24.0 Å². The van der Waals surface area contributed by atoms with Gasteiger partial charge in [0.05, 0.1) is 6.04 Å². The third-order valence-corrected chi connectivity index (χ3v) is 4.10. The lowest BCUT2D eigenvalue weighted by Crippen LogP contribution is -2.41. The molecule has 24 heavy (non-hydrogen) atoms. The van der Waals surface area contributed by atoms with Gasteiger partial charge in [-0.25, -0.2) is 4.79 Å². The summed E-state index contributed by atoms with van der Waals surface area (Å²) in [5.74, 6) is 0.224. The number of urea groups is 1. The highest BCUT2D eigenvalue weighted by atomic mass is 16.2. The molecule has 0 saturated heterocycles. The molecule has 0 radical (unpaired) electrons. The number of nitrogens with zero attached hydrogens (tertiary/aromatic N) is 1. The van der Waals surface area contributed by atoms with Crippen molar-refractivity contribution in [1.82, 2.24) is 10.2 Å². The SMILES string of the molecule is Cc1ccc(C(=O)NC(C)C)cc1NC(=O)N1CC=C[C@@H]1C(C)C. The fraction of sp³-hybridized carbons (Fsp3) is 0.474. The Kier molecular flexibility index (Phi) is 5.65. The first-order chi connectivity index (χ1) is 11.3. The third kappa shape index (κ3) is 4.16. The third-order valence-electron chi connectivity index (χ3n) is 4.10. The van der Waals surface area contributed by atoms with Crippen molar-refractivity contribution in [3.8, 4) is 0 Å². The molecule has 1 aliphatic heterocycles. The van der Waals surface area contributed by atoms with Crippen LogP contribution in [0.3, 0.4) is 0 Å². The molecule has 1 atom stereocenters. The van der Waals surface area contributed by atoms with Gasteiger partial charge >= 0.3 is 6.03 Å². The van der Waals surface area contributed by atoms with Crippen molar-refractivity contribution in [3.05, 3.63) is 41.5 Å². The van der Waals surface area contributed by atoms with Crippen LogP contribution in [0.15, 0.2) is 30.4 Å². The first-order valence-electron chi connectivity index (χ1n) is 8.45. The summed E-state index contributed by atoms with van der Waals surface area (Å²) < 4.78 is 0. The zero-order valence-corrected chi connectivity index (χ0v) is 15.1. The molecule has 5 nitrogen and oxygen atoms in total. The van der Waals surface area contributed by atoms with Crippen LogP contribution in [0.1, 0.15) is 43.6 Å². The molecule has 130 valence electrons. The van der Waals surface area contributed by atoms with Gasteiger partial charge in [0.2, 0.25) is 0 Å². The summed E-state index contributed by atoms with van der Waals surface area (Å²) in [7, 11) is 0. The number of carbonyl (C=O) groups is 2. The molecule has 0 aliphatic carbocycles. The molecule has 1 heterocycles. The Morgan fingerprint density at radius 2 is 1.92 bits per heavy atom. The van der Waals surface area contributed by atoms with Crippen LogP contribution in [0.4, 0.5) is 10.5 Å². The minimum atomic E-state index is -0.136. The van der Waals surface area contributed by atoms with E-state index in [1.807, 2.05) is 37.8 Å². The zero-order chi connectivity index (χ0) is 17.9. The lowest BCUT2D eigenvalue weighted by Gasteiger charge is -2.28. The summed E-state index contributed by atoms with van der Waals surface area (Å²) in [6.45, 7) is 10.6. The summed E-state index contributed by atoms with van der Waals surface area (Å²) >= 11 is 0. The van der Waals surface area contributed by atoms with Crippen LogP contribution in [0.5, 0.6) is 0 Å². The number of carbonyl (C=O) groups excluding carboxylic acids is 2. The molecule has 3 amide bonds. The second kappa shape index (κ2) is 7.51. The van der Waals surface area contributed by atoms with Crippen LogP contribution < -0.4 is 10.6 Å². The molecule has 0 unspecified atom stereocenters. The van der Waals surface area contributed by atoms with E-state index in [1.165, 1.54) is 0 Å². The highest BCUT2D eigenvalue weighted by Gasteiger charge is 2.27. The van der Waals surface area contributed by atoms with Crippen molar-refractivity contribution in [2.24, 2.45) is 5.92 Å². The zero-order valence-electron chi connectivity index (χ0n) is 15.1. The van der Waals surface area contributed by atoms with Gasteiger partial charge in [-0.05, 0) is 44.4 Å². The van der Waals surface area contributed by atoms with Crippen molar-refractivity contribution < 1.29 is 9.59 Å². The topological polar surface area (TPSA) is 61.4 Å². The number of rotatable bonds is 4. The van der Waals surface area contributed by atoms with Crippen molar-refractivity contribution in [2.45, 2.75) is 46.7 Å². The number of amides is 3. The summed E-state index contributed by atoms with van der Waals surface area (Å²) in [6.07, 6.45) is 4.09. The van der Waals surface area contributed by atoms with Crippen molar-refractivity contribution in [1.29, 1.82) is 0 Å². The quantitative estimate of drug-likeness (QED) is 0.830. The van der Waals surface area contributed by atoms with Crippen LogP contribution in [0.25, 0.3) is 0 Å². The van der Waals surface area contributed by atoms with E-state index in [0.29, 0.717) is 23.7 Å². The van der Waals surface area contributed by atoms with Crippen molar-refractivity contribution in [3.63, 3.8) is 0 Å². The Morgan fingerprint density at radius 3 is 2.54 bits per heavy atom. The smallest absolute Gasteiger partial charge is 0.322 e. The predicted molar refractivity (Wildman–Crippen MR) is 97.3 cm³/mol. The van der Waals surface area contributed by atoms with Gasteiger partial charge in [-0.1, -0.05) is 32.1 Å². The summed E-state index contributed by atoms with van der Waals surface area (Å²) in [6, 6.07) is 5.41. The molecule has 0 saturated carbocycles. The summed E-state index contributed by atoms with van der Waals surface area (Å²) in [5, 5.41) is 5.82. The normalized spacial score (nSPS) is 16.8. The molecular weight excluding hydrogens is 302 g/mol. The van der Waals surface area contributed by atoms with Gasteiger partial charge < -0.3 is 15.5 Å². The van der Waals surface area contributed by atoms with E-state index in [4.69, 9.17) is 0 Å². The maximum Gasteiger partial charge on any atom is 0.322 e. The Bertz CT molecular complexity index is 650. The second-order valence-electron chi connectivity index (χ2n) is 6.90. The molecule has 2 N–H and O–H groups in total. The van der Waals surface area contributed by atoms with E-state index in [1.54, 1.807) is 12.1 Å². The lowest BCUT2D eigenvalue weighted by molar-refractivity contribution is 0.0943. The molecule has 0 bridgehead atoms. The summed E-state index contributed by atoms with van der Waals surface area (Å²) in [5.41, 5.74) is 2.15. The molecule has 0 aromatic heterocycles. The van der Waals surface area contributed by atoms with Crippen LogP contribution >= 0.6 is 0 Å². The molecule has 0 spiro atoms.